The number of carbonyl (C=O) groups excluding carboxylic acids is 3. The summed E-state index contributed by atoms with van der Waals surface area (Å²) in [6, 6.07) is 0. The molecule has 6 heteroatoms. The van der Waals surface area contributed by atoms with Crippen LogP contribution < -0.4 is 0 Å². The second kappa shape index (κ2) is 61.4. The van der Waals surface area contributed by atoms with Gasteiger partial charge in [0.15, 0.2) is 6.10 Å². The lowest BCUT2D eigenvalue weighted by molar-refractivity contribution is -0.167. The van der Waals surface area contributed by atoms with Crippen molar-refractivity contribution in [3.05, 3.63) is 72.9 Å². The molecule has 0 spiro atoms. The van der Waals surface area contributed by atoms with Crippen LogP contribution in [0.1, 0.15) is 316 Å². The van der Waals surface area contributed by atoms with Crippen molar-refractivity contribution in [1.82, 2.24) is 0 Å². The molecule has 0 aliphatic rings. The van der Waals surface area contributed by atoms with Crippen LogP contribution in [0.2, 0.25) is 0 Å². The lowest BCUT2D eigenvalue weighted by Crippen LogP contribution is -2.30. The summed E-state index contributed by atoms with van der Waals surface area (Å²) in [5.74, 6) is -0.901. The van der Waals surface area contributed by atoms with Crippen molar-refractivity contribution >= 4 is 17.9 Å². The Kier molecular flexibility index (Phi) is 58.7. The van der Waals surface area contributed by atoms with Crippen LogP contribution in [0.25, 0.3) is 0 Å². The highest BCUT2D eigenvalue weighted by Gasteiger charge is 2.19. The lowest BCUT2D eigenvalue weighted by Gasteiger charge is -2.18. The summed E-state index contributed by atoms with van der Waals surface area (Å²) in [6.45, 7) is 6.53. The molecule has 0 amide bonds. The standard InChI is InChI=1S/C67H118O6/c1-4-7-10-13-16-19-22-25-28-31-33-34-37-39-42-45-48-51-54-57-60-66(69)72-63-64(62-71-65(68)59-56-53-50-47-44-41-38-35-30-27-24-21-18-15-12-9-6-3)73-67(70)61-58-55-52-49-46-43-40-36-32-29-26-23-20-17-14-11-8-5-2/h9,12,18,20-21,23,27,29-30,32,38,41,64H,4-8,10-11,13-17,19,22,24-26,28,31,33-37,39-40,42-63H2,1-3H3/b12-9-,21-18-,23-20-,30-27-,32-29-,41-38-. The molecule has 0 aromatic heterocycles. The fourth-order valence-electron chi connectivity index (χ4n) is 9.00. The minimum Gasteiger partial charge on any atom is -0.462 e. The van der Waals surface area contributed by atoms with Crippen molar-refractivity contribution in [3.8, 4) is 0 Å². The summed E-state index contributed by atoms with van der Waals surface area (Å²) < 4.78 is 16.9. The van der Waals surface area contributed by atoms with Gasteiger partial charge in [-0.05, 0) is 89.9 Å². The van der Waals surface area contributed by atoms with Crippen LogP contribution in [0.4, 0.5) is 0 Å². The molecule has 0 radical (unpaired) electrons. The highest BCUT2D eigenvalue weighted by molar-refractivity contribution is 5.71. The van der Waals surface area contributed by atoms with Crippen molar-refractivity contribution in [2.24, 2.45) is 0 Å². The summed E-state index contributed by atoms with van der Waals surface area (Å²) in [4.78, 5) is 38.3. The van der Waals surface area contributed by atoms with Crippen molar-refractivity contribution in [2.75, 3.05) is 13.2 Å². The van der Waals surface area contributed by atoms with Crippen molar-refractivity contribution in [1.29, 1.82) is 0 Å². The van der Waals surface area contributed by atoms with Crippen molar-refractivity contribution in [2.45, 2.75) is 322 Å². The zero-order chi connectivity index (χ0) is 52.9. The van der Waals surface area contributed by atoms with E-state index in [0.717, 1.165) is 109 Å². The molecule has 422 valence electrons. The zero-order valence-electron chi connectivity index (χ0n) is 48.4. The third-order valence-corrected chi connectivity index (χ3v) is 13.7. The van der Waals surface area contributed by atoms with E-state index in [1.165, 1.54) is 167 Å². The fraction of sp³-hybridized carbons (Fsp3) is 0.776. The first-order valence-electron chi connectivity index (χ1n) is 31.4. The van der Waals surface area contributed by atoms with Gasteiger partial charge in [0.05, 0.1) is 0 Å². The smallest absolute Gasteiger partial charge is 0.306 e. The Morgan fingerprint density at radius 3 is 0.849 bits per heavy atom. The zero-order valence-corrected chi connectivity index (χ0v) is 48.4. The summed E-state index contributed by atoms with van der Waals surface area (Å²) >= 11 is 0. The first kappa shape index (κ1) is 69.8. The van der Waals surface area contributed by atoms with Gasteiger partial charge in [0.25, 0.3) is 0 Å². The van der Waals surface area contributed by atoms with E-state index >= 15 is 0 Å². The molecule has 0 aliphatic heterocycles. The number of carbonyl (C=O) groups is 3. The molecular weight excluding hydrogens is 901 g/mol. The van der Waals surface area contributed by atoms with E-state index in [2.05, 4.69) is 93.7 Å². The highest BCUT2D eigenvalue weighted by atomic mass is 16.6. The fourth-order valence-corrected chi connectivity index (χ4v) is 9.00. The SMILES string of the molecule is CC/C=C\C/C=C\C/C=C\C/C=C\CCCCCCC(=O)OCC(COC(=O)CCCCCCCCCCCCCCCCCCCCCC)OC(=O)CCCCCCCCC/C=C\C/C=C\CCCCCC. The monoisotopic (exact) mass is 1020 g/mol. The molecule has 6 nitrogen and oxygen atoms in total. The molecule has 1 unspecified atom stereocenters. The third-order valence-electron chi connectivity index (χ3n) is 13.7. The Balaban J connectivity index is 4.39. The summed E-state index contributed by atoms with van der Waals surface area (Å²) in [7, 11) is 0. The lowest BCUT2D eigenvalue weighted by atomic mass is 10.0. The van der Waals surface area contributed by atoms with Gasteiger partial charge in [-0.3, -0.25) is 14.4 Å². The second-order valence-corrected chi connectivity index (χ2v) is 20.9. The average molecular weight is 1020 g/mol. The Morgan fingerprint density at radius 2 is 0.534 bits per heavy atom. The van der Waals surface area contributed by atoms with Gasteiger partial charge < -0.3 is 14.2 Å². The largest absolute Gasteiger partial charge is 0.462 e. The maximum absolute atomic E-state index is 12.9. The minimum atomic E-state index is -0.790. The van der Waals surface area contributed by atoms with Gasteiger partial charge in [-0.15, -0.1) is 0 Å². The Morgan fingerprint density at radius 1 is 0.288 bits per heavy atom. The van der Waals surface area contributed by atoms with Gasteiger partial charge in [0.1, 0.15) is 13.2 Å². The molecule has 0 rings (SSSR count). The van der Waals surface area contributed by atoms with E-state index in [4.69, 9.17) is 14.2 Å². The van der Waals surface area contributed by atoms with Gasteiger partial charge in [0.2, 0.25) is 0 Å². The highest BCUT2D eigenvalue weighted by Crippen LogP contribution is 2.17. The molecule has 73 heavy (non-hydrogen) atoms. The van der Waals surface area contributed by atoms with Gasteiger partial charge in [-0.2, -0.15) is 0 Å². The molecule has 0 heterocycles. The average Bonchev–Trinajstić information content (AvgIpc) is 3.39. The first-order chi connectivity index (χ1) is 36.0. The predicted octanol–water partition coefficient (Wildman–Crippen LogP) is 21.3. The van der Waals surface area contributed by atoms with Gasteiger partial charge in [-0.1, -0.05) is 280 Å². The quantitative estimate of drug-likeness (QED) is 0.0261. The topological polar surface area (TPSA) is 78.9 Å². The Bertz CT molecular complexity index is 1360. The number of allylic oxidation sites excluding steroid dienone is 12. The maximum atomic E-state index is 12.9. The second-order valence-electron chi connectivity index (χ2n) is 20.9. The number of esters is 3. The van der Waals surface area contributed by atoms with E-state index in [-0.39, 0.29) is 31.1 Å². The van der Waals surface area contributed by atoms with Crippen LogP contribution in [-0.4, -0.2) is 37.2 Å². The predicted molar refractivity (Wildman–Crippen MR) is 316 cm³/mol. The number of ether oxygens (including phenoxy) is 3. The molecule has 0 saturated heterocycles. The first-order valence-corrected chi connectivity index (χ1v) is 31.4. The van der Waals surface area contributed by atoms with E-state index in [0.29, 0.717) is 19.3 Å². The minimum absolute atomic E-state index is 0.0840. The summed E-state index contributed by atoms with van der Waals surface area (Å²) in [6.07, 6.45) is 79.0. The maximum Gasteiger partial charge on any atom is 0.306 e. The number of hydrogen-bond acceptors (Lipinski definition) is 6. The number of unbranched alkanes of at least 4 members (excludes halogenated alkanes) is 34. The summed E-state index contributed by atoms with van der Waals surface area (Å²) in [5, 5.41) is 0. The molecular formula is C67H118O6. The molecule has 0 aromatic rings. The van der Waals surface area contributed by atoms with Crippen LogP contribution in [0.5, 0.6) is 0 Å². The normalized spacial score (nSPS) is 12.5. The van der Waals surface area contributed by atoms with E-state index in [9.17, 15) is 14.4 Å². The van der Waals surface area contributed by atoms with Crippen LogP contribution in [0.15, 0.2) is 72.9 Å². The van der Waals surface area contributed by atoms with Crippen molar-refractivity contribution < 1.29 is 28.6 Å². The summed E-state index contributed by atoms with van der Waals surface area (Å²) in [5.41, 5.74) is 0. The van der Waals surface area contributed by atoms with Crippen LogP contribution in [-0.2, 0) is 28.6 Å². The van der Waals surface area contributed by atoms with E-state index < -0.39 is 6.10 Å². The Labute approximate surface area is 453 Å². The Hall–Kier alpha value is -3.15. The number of rotatable bonds is 57. The molecule has 0 N–H and O–H groups in total. The molecule has 1 atom stereocenters. The molecule has 0 aliphatic carbocycles. The van der Waals surface area contributed by atoms with E-state index in [1.807, 2.05) is 0 Å². The molecule has 0 aromatic carbocycles. The molecule has 0 saturated carbocycles. The molecule has 0 fully saturated rings. The van der Waals surface area contributed by atoms with Gasteiger partial charge in [-0.25, -0.2) is 0 Å². The van der Waals surface area contributed by atoms with Crippen LogP contribution >= 0.6 is 0 Å². The van der Waals surface area contributed by atoms with Gasteiger partial charge in [0, 0.05) is 19.3 Å². The van der Waals surface area contributed by atoms with Crippen LogP contribution in [0, 0.1) is 0 Å². The van der Waals surface area contributed by atoms with Gasteiger partial charge >= 0.3 is 17.9 Å². The third kappa shape index (κ3) is 59.6. The number of hydrogen-bond donors (Lipinski definition) is 0. The van der Waals surface area contributed by atoms with Crippen LogP contribution in [0.3, 0.4) is 0 Å². The van der Waals surface area contributed by atoms with E-state index in [1.54, 1.807) is 0 Å². The van der Waals surface area contributed by atoms with Crippen molar-refractivity contribution in [3.63, 3.8) is 0 Å². The molecule has 0 bridgehead atoms.